The van der Waals surface area contributed by atoms with Crippen molar-refractivity contribution in [2.24, 2.45) is 11.3 Å². The molecular weight excluding hydrogens is 328 g/mol. The van der Waals surface area contributed by atoms with Crippen LogP contribution < -0.4 is 0 Å². The molecule has 2 atom stereocenters. The highest BCUT2D eigenvalue weighted by molar-refractivity contribution is 5.79. The zero-order valence-electron chi connectivity index (χ0n) is 15.9. The van der Waals surface area contributed by atoms with Crippen LogP contribution >= 0.6 is 0 Å². The number of amides is 1. The molecule has 3 aliphatic rings. The van der Waals surface area contributed by atoms with Crippen LogP contribution in [0.5, 0.6) is 5.75 Å². The molecule has 0 radical (unpaired) electrons. The first-order valence-electron chi connectivity index (χ1n) is 9.91. The summed E-state index contributed by atoms with van der Waals surface area (Å²) >= 11 is 0. The highest BCUT2D eigenvalue weighted by Crippen LogP contribution is 2.55. The summed E-state index contributed by atoms with van der Waals surface area (Å²) < 4.78 is 5.39. The van der Waals surface area contributed by atoms with E-state index in [1.807, 2.05) is 0 Å². The van der Waals surface area contributed by atoms with Gasteiger partial charge < -0.3 is 14.7 Å². The van der Waals surface area contributed by atoms with E-state index in [1.165, 1.54) is 5.56 Å². The molecule has 5 nitrogen and oxygen atoms in total. The number of phenolic OH excluding ortho intramolecular Hbond substituents is 1. The number of carbonyl (C=O) groups is 1. The number of hydrogen-bond donors (Lipinski definition) is 1. The van der Waals surface area contributed by atoms with E-state index in [0.29, 0.717) is 30.3 Å². The molecule has 1 aromatic rings. The zero-order valence-corrected chi connectivity index (χ0v) is 15.9. The van der Waals surface area contributed by atoms with E-state index in [-0.39, 0.29) is 11.3 Å². The van der Waals surface area contributed by atoms with Gasteiger partial charge in [-0.05, 0) is 50.8 Å². The maximum absolute atomic E-state index is 12.7. The highest BCUT2D eigenvalue weighted by Gasteiger charge is 2.55. The van der Waals surface area contributed by atoms with Crippen LogP contribution in [0, 0.1) is 11.3 Å². The summed E-state index contributed by atoms with van der Waals surface area (Å²) in [5.41, 5.74) is 1.54. The maximum Gasteiger partial charge on any atom is 0.228 e. The number of likely N-dealkylation sites (tertiary alicyclic amines) is 2. The molecule has 0 aromatic heterocycles. The third-order valence-electron chi connectivity index (χ3n) is 6.63. The molecular formula is C21H30N2O3. The maximum atomic E-state index is 12.7. The first-order chi connectivity index (χ1) is 12.5. The summed E-state index contributed by atoms with van der Waals surface area (Å²) in [6.07, 6.45) is 2.99. The van der Waals surface area contributed by atoms with E-state index in [0.717, 1.165) is 45.5 Å². The van der Waals surface area contributed by atoms with Gasteiger partial charge in [-0.2, -0.15) is 0 Å². The SMILES string of the molecule is CC(C)N1CC2(CCN(C(=O)C3CCOC3)CC2)C1c1ccc(O)cc1. The zero-order chi connectivity index (χ0) is 18.3. The van der Waals surface area contributed by atoms with Gasteiger partial charge in [0.25, 0.3) is 0 Å². The van der Waals surface area contributed by atoms with Crippen LogP contribution in [0.3, 0.4) is 0 Å². The van der Waals surface area contributed by atoms with Gasteiger partial charge in [-0.3, -0.25) is 9.69 Å². The first kappa shape index (κ1) is 17.8. The standard InChI is InChI=1S/C21H30N2O3/c1-15(2)23-14-21(19(23)16-3-5-18(24)6-4-16)8-10-22(11-9-21)20(25)17-7-12-26-13-17/h3-6,15,17,19,24H,7-14H2,1-2H3. The Balaban J connectivity index is 1.47. The van der Waals surface area contributed by atoms with Crippen LogP contribution in [0.4, 0.5) is 0 Å². The summed E-state index contributed by atoms with van der Waals surface area (Å²) in [5.74, 6) is 0.682. The Morgan fingerprint density at radius 1 is 1.23 bits per heavy atom. The predicted octanol–water partition coefficient (Wildman–Crippen LogP) is 2.80. The van der Waals surface area contributed by atoms with Gasteiger partial charge in [0.05, 0.1) is 12.5 Å². The Kier molecular flexibility index (Phi) is 4.70. The summed E-state index contributed by atoms with van der Waals surface area (Å²) in [7, 11) is 0. The van der Waals surface area contributed by atoms with Crippen LogP contribution in [0.15, 0.2) is 24.3 Å². The summed E-state index contributed by atoms with van der Waals surface area (Å²) in [6, 6.07) is 8.58. The number of carbonyl (C=O) groups excluding carboxylic acids is 1. The second-order valence-corrected chi connectivity index (χ2v) is 8.51. The summed E-state index contributed by atoms with van der Waals surface area (Å²) in [4.78, 5) is 17.3. The van der Waals surface area contributed by atoms with Crippen molar-refractivity contribution in [2.45, 2.75) is 45.2 Å². The highest BCUT2D eigenvalue weighted by atomic mass is 16.5. The van der Waals surface area contributed by atoms with Crippen LogP contribution in [-0.4, -0.2) is 59.7 Å². The average Bonchev–Trinajstić information content (AvgIpc) is 3.16. The molecule has 3 saturated heterocycles. The second-order valence-electron chi connectivity index (χ2n) is 8.51. The molecule has 2 unspecified atom stereocenters. The van der Waals surface area contributed by atoms with Crippen molar-refractivity contribution in [3.8, 4) is 5.75 Å². The van der Waals surface area contributed by atoms with Crippen molar-refractivity contribution >= 4 is 5.91 Å². The molecule has 3 heterocycles. The molecule has 0 saturated carbocycles. The Bertz CT molecular complexity index is 644. The van der Waals surface area contributed by atoms with Crippen LogP contribution in [0.2, 0.25) is 0 Å². The second kappa shape index (κ2) is 6.86. The van der Waals surface area contributed by atoms with Crippen LogP contribution in [0.1, 0.15) is 44.7 Å². The molecule has 1 N–H and O–H groups in total. The molecule has 3 fully saturated rings. The largest absolute Gasteiger partial charge is 0.508 e. The molecule has 5 heteroatoms. The topological polar surface area (TPSA) is 53.0 Å². The first-order valence-corrected chi connectivity index (χ1v) is 9.91. The van der Waals surface area contributed by atoms with Gasteiger partial charge >= 0.3 is 0 Å². The third-order valence-corrected chi connectivity index (χ3v) is 6.63. The van der Waals surface area contributed by atoms with E-state index in [4.69, 9.17) is 4.74 Å². The molecule has 0 aliphatic carbocycles. The smallest absolute Gasteiger partial charge is 0.228 e. The van der Waals surface area contributed by atoms with Crippen LogP contribution in [-0.2, 0) is 9.53 Å². The number of phenols is 1. The third kappa shape index (κ3) is 3.01. The number of aromatic hydroxyl groups is 1. The van der Waals surface area contributed by atoms with Crippen molar-refractivity contribution in [3.05, 3.63) is 29.8 Å². The van der Waals surface area contributed by atoms with Gasteiger partial charge in [-0.25, -0.2) is 0 Å². The number of rotatable bonds is 3. The van der Waals surface area contributed by atoms with Gasteiger partial charge in [0.1, 0.15) is 5.75 Å². The van der Waals surface area contributed by atoms with Gasteiger partial charge in [-0.1, -0.05) is 12.1 Å². The molecule has 1 aromatic carbocycles. The normalized spacial score (nSPS) is 28.5. The number of benzene rings is 1. The van der Waals surface area contributed by atoms with Crippen molar-refractivity contribution in [1.29, 1.82) is 0 Å². The van der Waals surface area contributed by atoms with E-state index in [2.05, 4.69) is 35.8 Å². The van der Waals surface area contributed by atoms with Gasteiger partial charge in [0, 0.05) is 43.7 Å². The van der Waals surface area contributed by atoms with E-state index in [9.17, 15) is 9.90 Å². The monoisotopic (exact) mass is 358 g/mol. The number of piperidine rings is 1. The molecule has 4 rings (SSSR count). The lowest BCUT2D eigenvalue weighted by molar-refractivity contribution is -0.151. The van der Waals surface area contributed by atoms with Crippen molar-refractivity contribution in [1.82, 2.24) is 9.80 Å². The molecule has 142 valence electrons. The predicted molar refractivity (Wildman–Crippen MR) is 99.9 cm³/mol. The fourth-order valence-corrected chi connectivity index (χ4v) is 5.05. The van der Waals surface area contributed by atoms with Crippen molar-refractivity contribution in [2.75, 3.05) is 32.8 Å². The number of ether oxygens (including phenoxy) is 1. The van der Waals surface area contributed by atoms with Crippen LogP contribution in [0.25, 0.3) is 0 Å². The minimum absolute atomic E-state index is 0.0745. The lowest BCUT2D eigenvalue weighted by Crippen LogP contribution is -2.64. The number of hydrogen-bond acceptors (Lipinski definition) is 4. The van der Waals surface area contributed by atoms with Crippen molar-refractivity contribution < 1.29 is 14.6 Å². The minimum Gasteiger partial charge on any atom is -0.508 e. The molecule has 1 amide bonds. The Morgan fingerprint density at radius 2 is 1.92 bits per heavy atom. The fourth-order valence-electron chi connectivity index (χ4n) is 5.05. The van der Waals surface area contributed by atoms with E-state index < -0.39 is 0 Å². The van der Waals surface area contributed by atoms with E-state index in [1.54, 1.807) is 12.1 Å². The van der Waals surface area contributed by atoms with Gasteiger partial charge in [-0.15, -0.1) is 0 Å². The van der Waals surface area contributed by atoms with Crippen molar-refractivity contribution in [3.63, 3.8) is 0 Å². The average molecular weight is 358 g/mol. The fraction of sp³-hybridized carbons (Fsp3) is 0.667. The lowest BCUT2D eigenvalue weighted by atomic mass is 9.62. The Labute approximate surface area is 155 Å². The molecule has 26 heavy (non-hydrogen) atoms. The van der Waals surface area contributed by atoms with Gasteiger partial charge in [0.15, 0.2) is 0 Å². The molecule has 0 bridgehead atoms. The Hall–Kier alpha value is -1.59. The Morgan fingerprint density at radius 3 is 2.50 bits per heavy atom. The van der Waals surface area contributed by atoms with Gasteiger partial charge in [0.2, 0.25) is 5.91 Å². The molecule has 3 aliphatic heterocycles. The summed E-state index contributed by atoms with van der Waals surface area (Å²) in [5, 5.41) is 9.64. The number of nitrogens with zero attached hydrogens (tertiary/aromatic N) is 2. The summed E-state index contributed by atoms with van der Waals surface area (Å²) in [6.45, 7) is 8.63. The van der Waals surface area contributed by atoms with E-state index >= 15 is 0 Å². The quantitative estimate of drug-likeness (QED) is 0.903. The lowest BCUT2D eigenvalue weighted by Gasteiger charge is -2.62. The molecule has 1 spiro atoms. The minimum atomic E-state index is 0.0745.